The molecule has 0 N–H and O–H groups in total. The molecule has 0 saturated carbocycles. The molecule has 1 nitrogen and oxygen atoms in total. The highest BCUT2D eigenvalue weighted by Crippen LogP contribution is 2.38. The van der Waals surface area contributed by atoms with Gasteiger partial charge in [-0.25, -0.2) is 0 Å². The largest absolute Gasteiger partial charge is 0.302 e. The first-order chi connectivity index (χ1) is 10.1. The van der Waals surface area contributed by atoms with Gasteiger partial charge in [0.15, 0.2) is 0 Å². The van der Waals surface area contributed by atoms with Crippen LogP contribution < -0.4 is 4.90 Å². The zero-order chi connectivity index (χ0) is 14.8. The van der Waals surface area contributed by atoms with Gasteiger partial charge >= 0.3 is 0 Å². The van der Waals surface area contributed by atoms with Gasteiger partial charge in [-0.1, -0.05) is 35.4 Å². The number of aryl methyl sites for hydroxylation is 3. The molecule has 0 aliphatic carbocycles. The van der Waals surface area contributed by atoms with Gasteiger partial charge in [-0.3, -0.25) is 0 Å². The Kier molecular flexibility index (Phi) is 3.80. The highest BCUT2D eigenvalue weighted by molar-refractivity contribution is 7.16. The molecule has 0 spiro atoms. The summed E-state index contributed by atoms with van der Waals surface area (Å²) in [5.41, 5.74) is 4.97. The molecule has 21 heavy (non-hydrogen) atoms. The van der Waals surface area contributed by atoms with E-state index in [2.05, 4.69) is 86.3 Å². The lowest BCUT2D eigenvalue weighted by Crippen LogP contribution is -2.08. The highest BCUT2D eigenvalue weighted by atomic mass is 32.1. The molecular weight excluding hydrogens is 274 g/mol. The molecule has 0 amide bonds. The van der Waals surface area contributed by atoms with E-state index in [1.54, 1.807) is 0 Å². The van der Waals surface area contributed by atoms with Crippen LogP contribution in [0.3, 0.4) is 0 Å². The third-order valence-electron chi connectivity index (χ3n) is 3.53. The van der Waals surface area contributed by atoms with Crippen LogP contribution in [0.15, 0.2) is 60.7 Å². The lowest BCUT2D eigenvalue weighted by Gasteiger charge is -2.23. The molecule has 0 saturated heterocycles. The Labute approximate surface area is 130 Å². The minimum Gasteiger partial charge on any atom is -0.302 e. The van der Waals surface area contributed by atoms with E-state index in [0.29, 0.717) is 0 Å². The maximum atomic E-state index is 2.32. The zero-order valence-corrected chi connectivity index (χ0v) is 13.4. The maximum Gasteiger partial charge on any atom is 0.100 e. The second-order valence-corrected chi connectivity index (χ2v) is 6.66. The monoisotopic (exact) mass is 293 g/mol. The van der Waals surface area contributed by atoms with E-state index < -0.39 is 0 Å². The van der Waals surface area contributed by atoms with Gasteiger partial charge in [0.05, 0.1) is 0 Å². The molecule has 1 aromatic heterocycles. The summed E-state index contributed by atoms with van der Waals surface area (Å²) in [6.45, 7) is 6.39. The summed E-state index contributed by atoms with van der Waals surface area (Å²) in [6, 6.07) is 21.8. The van der Waals surface area contributed by atoms with Gasteiger partial charge in [0, 0.05) is 16.3 Å². The van der Waals surface area contributed by atoms with Crippen LogP contribution in [-0.4, -0.2) is 0 Å². The smallest absolute Gasteiger partial charge is 0.100 e. The van der Waals surface area contributed by atoms with Gasteiger partial charge in [0.25, 0.3) is 0 Å². The minimum absolute atomic E-state index is 1.20. The molecule has 0 unspecified atom stereocenters. The fraction of sp³-hybridized carbons (Fsp3) is 0.158. The molecule has 106 valence electrons. The Morgan fingerprint density at radius 3 is 1.48 bits per heavy atom. The Morgan fingerprint density at radius 1 is 0.619 bits per heavy atom. The summed E-state index contributed by atoms with van der Waals surface area (Å²) in [5, 5.41) is 1.25. The van der Waals surface area contributed by atoms with Crippen molar-refractivity contribution < 1.29 is 0 Å². The molecule has 0 bridgehead atoms. The molecule has 0 aliphatic rings. The topological polar surface area (TPSA) is 3.24 Å². The van der Waals surface area contributed by atoms with Gasteiger partial charge in [0.2, 0.25) is 0 Å². The van der Waals surface area contributed by atoms with Crippen molar-refractivity contribution in [1.29, 1.82) is 0 Å². The fourth-order valence-corrected chi connectivity index (χ4v) is 3.24. The van der Waals surface area contributed by atoms with Crippen molar-refractivity contribution >= 4 is 27.7 Å². The third kappa shape index (κ3) is 3.01. The first kappa shape index (κ1) is 13.9. The fourth-order valence-electron chi connectivity index (χ4n) is 2.33. The van der Waals surface area contributed by atoms with Crippen LogP contribution in [0.4, 0.5) is 16.4 Å². The van der Waals surface area contributed by atoms with E-state index in [1.165, 1.54) is 32.4 Å². The second-order valence-electron chi connectivity index (χ2n) is 5.39. The standard InChI is InChI=1S/C19H19NS/c1-14-4-9-17(10-5-14)20(19-13-8-16(3)21-19)18-11-6-15(2)7-12-18/h4-13H,1-3H3. The molecule has 0 aliphatic heterocycles. The van der Waals surface area contributed by atoms with E-state index in [9.17, 15) is 0 Å². The summed E-state index contributed by atoms with van der Waals surface area (Å²) >= 11 is 1.82. The predicted octanol–water partition coefficient (Wildman–Crippen LogP) is 6.14. The van der Waals surface area contributed by atoms with Crippen LogP contribution >= 0.6 is 11.3 Å². The summed E-state index contributed by atoms with van der Waals surface area (Å²) in [7, 11) is 0. The van der Waals surface area contributed by atoms with Gasteiger partial charge in [0.1, 0.15) is 5.00 Å². The van der Waals surface area contributed by atoms with Gasteiger partial charge in [-0.05, 0) is 57.2 Å². The average Bonchev–Trinajstić information content (AvgIpc) is 2.90. The van der Waals surface area contributed by atoms with E-state index in [4.69, 9.17) is 0 Å². The Hall–Kier alpha value is -2.06. The van der Waals surface area contributed by atoms with E-state index in [-0.39, 0.29) is 0 Å². The van der Waals surface area contributed by atoms with Crippen LogP contribution in [0.25, 0.3) is 0 Å². The SMILES string of the molecule is Cc1ccc(N(c2ccc(C)cc2)c2ccc(C)s2)cc1. The molecule has 3 aromatic rings. The molecule has 1 heterocycles. The van der Waals surface area contributed by atoms with Crippen LogP contribution in [-0.2, 0) is 0 Å². The number of hydrogen-bond acceptors (Lipinski definition) is 2. The molecule has 2 heteroatoms. The normalized spacial score (nSPS) is 10.6. The number of nitrogens with zero attached hydrogens (tertiary/aromatic N) is 1. The first-order valence-electron chi connectivity index (χ1n) is 7.13. The van der Waals surface area contributed by atoms with Crippen molar-refractivity contribution in [2.45, 2.75) is 20.8 Å². The van der Waals surface area contributed by atoms with Gasteiger partial charge in [-0.2, -0.15) is 0 Å². The zero-order valence-electron chi connectivity index (χ0n) is 12.6. The number of rotatable bonds is 3. The van der Waals surface area contributed by atoms with Crippen molar-refractivity contribution in [2.24, 2.45) is 0 Å². The highest BCUT2D eigenvalue weighted by Gasteiger charge is 2.13. The van der Waals surface area contributed by atoms with Crippen LogP contribution in [0, 0.1) is 20.8 Å². The molecule has 0 radical (unpaired) electrons. The van der Waals surface area contributed by atoms with Gasteiger partial charge < -0.3 is 4.90 Å². The molecule has 0 fully saturated rings. The van der Waals surface area contributed by atoms with E-state index >= 15 is 0 Å². The van der Waals surface area contributed by atoms with Crippen molar-refractivity contribution in [3.63, 3.8) is 0 Å². The van der Waals surface area contributed by atoms with E-state index in [0.717, 1.165) is 0 Å². The van der Waals surface area contributed by atoms with Crippen LogP contribution in [0.5, 0.6) is 0 Å². The Bertz CT molecular complexity index is 678. The van der Waals surface area contributed by atoms with Gasteiger partial charge in [-0.15, -0.1) is 11.3 Å². The lowest BCUT2D eigenvalue weighted by atomic mass is 10.1. The Balaban J connectivity index is 2.10. The number of benzene rings is 2. The molecular formula is C19H19NS. The number of hydrogen-bond donors (Lipinski definition) is 0. The molecule has 2 aromatic carbocycles. The summed E-state index contributed by atoms with van der Waals surface area (Å²) in [6.07, 6.45) is 0. The molecule has 3 rings (SSSR count). The number of anilines is 3. The number of thiophene rings is 1. The quantitative estimate of drug-likeness (QED) is 0.560. The third-order valence-corrected chi connectivity index (χ3v) is 4.52. The average molecular weight is 293 g/mol. The summed E-state index contributed by atoms with van der Waals surface area (Å²) < 4.78 is 0. The van der Waals surface area contributed by atoms with Crippen molar-refractivity contribution in [2.75, 3.05) is 4.90 Å². The van der Waals surface area contributed by atoms with Crippen LogP contribution in [0.1, 0.15) is 16.0 Å². The second kappa shape index (κ2) is 5.74. The first-order valence-corrected chi connectivity index (χ1v) is 7.95. The van der Waals surface area contributed by atoms with E-state index in [1.807, 2.05) is 11.3 Å². The van der Waals surface area contributed by atoms with Crippen molar-refractivity contribution in [3.05, 3.63) is 76.7 Å². The predicted molar refractivity (Wildman–Crippen MR) is 93.2 cm³/mol. The molecule has 0 atom stereocenters. The minimum atomic E-state index is 1.20. The van der Waals surface area contributed by atoms with Crippen molar-refractivity contribution in [3.8, 4) is 0 Å². The lowest BCUT2D eigenvalue weighted by molar-refractivity contribution is 1.29. The maximum absolute atomic E-state index is 2.32. The van der Waals surface area contributed by atoms with Crippen molar-refractivity contribution in [1.82, 2.24) is 0 Å². The van der Waals surface area contributed by atoms with Crippen LogP contribution in [0.2, 0.25) is 0 Å². The Morgan fingerprint density at radius 2 is 1.10 bits per heavy atom. The summed E-state index contributed by atoms with van der Waals surface area (Å²) in [5.74, 6) is 0. The summed E-state index contributed by atoms with van der Waals surface area (Å²) in [4.78, 5) is 3.64.